The number of methoxy groups -OCH3 is 2. The molecule has 3 rings (SSSR count). The number of nitrogens with zero attached hydrogens (tertiary/aromatic N) is 2. The van der Waals surface area contributed by atoms with E-state index in [1.807, 2.05) is 0 Å². The second kappa shape index (κ2) is 8.26. The molecular weight excluding hydrogens is 362 g/mol. The first-order valence-corrected chi connectivity index (χ1v) is 8.37. The van der Waals surface area contributed by atoms with Crippen molar-refractivity contribution >= 4 is 17.1 Å². The predicted octanol–water partition coefficient (Wildman–Crippen LogP) is 2.15. The summed E-state index contributed by atoms with van der Waals surface area (Å²) >= 11 is 0. The lowest BCUT2D eigenvalue weighted by molar-refractivity contribution is 0.301. The van der Waals surface area contributed by atoms with Crippen molar-refractivity contribution in [1.29, 1.82) is 0 Å². The van der Waals surface area contributed by atoms with Crippen LogP contribution >= 0.6 is 0 Å². The zero-order valence-corrected chi connectivity index (χ0v) is 15.5. The lowest BCUT2D eigenvalue weighted by Crippen LogP contribution is -2.32. The summed E-state index contributed by atoms with van der Waals surface area (Å²) in [6.45, 7) is 3.89. The highest BCUT2D eigenvalue weighted by Crippen LogP contribution is 2.38. The highest BCUT2D eigenvalue weighted by Gasteiger charge is 2.13. The molecule has 8 heteroatoms. The van der Waals surface area contributed by atoms with Crippen molar-refractivity contribution in [3.8, 4) is 17.2 Å². The molecule has 0 spiro atoms. The van der Waals surface area contributed by atoms with Gasteiger partial charge in [-0.15, -0.1) is 4.68 Å². The van der Waals surface area contributed by atoms with E-state index in [1.54, 1.807) is 42.5 Å². The molecule has 0 aliphatic rings. The van der Waals surface area contributed by atoms with Crippen molar-refractivity contribution in [3.05, 3.63) is 75.5 Å². The van der Waals surface area contributed by atoms with Gasteiger partial charge in [0, 0.05) is 5.56 Å². The van der Waals surface area contributed by atoms with E-state index in [-0.39, 0.29) is 6.61 Å². The Morgan fingerprint density at radius 3 is 2.46 bits per heavy atom. The van der Waals surface area contributed by atoms with Gasteiger partial charge in [0.05, 0.1) is 31.3 Å². The molecule has 2 aromatic carbocycles. The van der Waals surface area contributed by atoms with Crippen LogP contribution < -0.4 is 25.5 Å². The van der Waals surface area contributed by atoms with Crippen LogP contribution in [-0.2, 0) is 0 Å². The molecule has 0 saturated heterocycles. The van der Waals surface area contributed by atoms with Crippen molar-refractivity contribution in [2.24, 2.45) is 5.10 Å². The summed E-state index contributed by atoms with van der Waals surface area (Å²) in [4.78, 5) is 27.4. The van der Waals surface area contributed by atoms with E-state index in [4.69, 9.17) is 14.2 Å². The van der Waals surface area contributed by atoms with Crippen LogP contribution in [0.25, 0.3) is 10.9 Å². The highest BCUT2D eigenvalue weighted by molar-refractivity contribution is 5.82. The first-order chi connectivity index (χ1) is 13.6. The quantitative estimate of drug-likeness (QED) is 0.500. The molecule has 28 heavy (non-hydrogen) atoms. The maximum absolute atomic E-state index is 12.5. The van der Waals surface area contributed by atoms with Gasteiger partial charge in [0.2, 0.25) is 5.75 Å². The number of para-hydroxylation sites is 1. The summed E-state index contributed by atoms with van der Waals surface area (Å²) < 4.78 is 17.0. The van der Waals surface area contributed by atoms with Crippen LogP contribution in [0.1, 0.15) is 5.56 Å². The van der Waals surface area contributed by atoms with E-state index < -0.39 is 11.2 Å². The van der Waals surface area contributed by atoms with Crippen LogP contribution in [-0.4, -0.2) is 36.7 Å². The molecule has 0 aliphatic carbocycles. The van der Waals surface area contributed by atoms with Crippen LogP contribution in [0.3, 0.4) is 0 Å². The van der Waals surface area contributed by atoms with Crippen molar-refractivity contribution < 1.29 is 14.2 Å². The Morgan fingerprint density at radius 1 is 1.14 bits per heavy atom. The third-order valence-electron chi connectivity index (χ3n) is 3.93. The Labute approximate surface area is 160 Å². The van der Waals surface area contributed by atoms with Gasteiger partial charge in [0.25, 0.3) is 5.56 Å². The summed E-state index contributed by atoms with van der Waals surface area (Å²) in [5.41, 5.74) is -0.139. The molecule has 8 nitrogen and oxygen atoms in total. The number of fused-ring (bicyclic) bond motifs is 1. The van der Waals surface area contributed by atoms with Crippen molar-refractivity contribution in [3.63, 3.8) is 0 Å². The normalized spacial score (nSPS) is 10.9. The summed E-state index contributed by atoms with van der Waals surface area (Å²) in [7, 11) is 2.99. The minimum Gasteiger partial charge on any atom is -0.493 e. The zero-order valence-electron chi connectivity index (χ0n) is 15.5. The largest absolute Gasteiger partial charge is 0.493 e. The van der Waals surface area contributed by atoms with E-state index in [9.17, 15) is 9.59 Å². The monoisotopic (exact) mass is 381 g/mol. The van der Waals surface area contributed by atoms with Gasteiger partial charge in [-0.25, -0.2) is 4.79 Å². The lowest BCUT2D eigenvalue weighted by Gasteiger charge is -2.14. The maximum atomic E-state index is 12.5. The molecule has 0 atom stereocenters. The molecule has 0 unspecified atom stereocenters. The van der Waals surface area contributed by atoms with E-state index in [2.05, 4.69) is 16.7 Å². The van der Waals surface area contributed by atoms with E-state index in [1.165, 1.54) is 20.4 Å². The van der Waals surface area contributed by atoms with E-state index in [0.717, 1.165) is 4.68 Å². The lowest BCUT2D eigenvalue weighted by atomic mass is 10.2. The molecule has 0 fully saturated rings. The Hall–Kier alpha value is -3.81. The number of hydrogen-bond donors (Lipinski definition) is 1. The topological polar surface area (TPSA) is 94.9 Å². The standard InChI is InChI=1S/C20H19N3O5/c1-4-9-28-18-16(26-2)10-13(11-17(18)27-3)12-21-23-19(24)14-7-5-6-8-15(14)22-20(23)25/h4-8,10-12H,1,9H2,2-3H3,(H,22,25). The van der Waals surface area contributed by atoms with Crippen LogP contribution in [0.4, 0.5) is 0 Å². The van der Waals surface area contributed by atoms with Gasteiger partial charge in [-0.2, -0.15) is 5.10 Å². The van der Waals surface area contributed by atoms with Crippen molar-refractivity contribution in [2.75, 3.05) is 20.8 Å². The molecule has 0 amide bonds. The summed E-state index contributed by atoms with van der Waals surface area (Å²) in [6.07, 6.45) is 2.97. The first kappa shape index (κ1) is 19.0. The molecule has 0 saturated carbocycles. The van der Waals surface area contributed by atoms with Gasteiger partial charge >= 0.3 is 5.69 Å². The fourth-order valence-corrected chi connectivity index (χ4v) is 2.64. The van der Waals surface area contributed by atoms with Crippen molar-refractivity contribution in [2.45, 2.75) is 0 Å². The molecule has 144 valence electrons. The summed E-state index contributed by atoms with van der Waals surface area (Å²) in [5.74, 6) is 1.26. The molecular formula is C20H19N3O5. The number of ether oxygens (including phenoxy) is 3. The number of benzene rings is 2. The number of hydrogen-bond acceptors (Lipinski definition) is 6. The van der Waals surface area contributed by atoms with E-state index in [0.29, 0.717) is 33.7 Å². The molecule has 3 aromatic rings. The Kier molecular flexibility index (Phi) is 5.59. The first-order valence-electron chi connectivity index (χ1n) is 8.37. The minimum absolute atomic E-state index is 0.280. The van der Waals surface area contributed by atoms with Crippen LogP contribution in [0.5, 0.6) is 17.2 Å². The van der Waals surface area contributed by atoms with E-state index >= 15 is 0 Å². The van der Waals surface area contributed by atoms with Gasteiger partial charge in [-0.05, 0) is 24.3 Å². The third kappa shape index (κ3) is 3.66. The summed E-state index contributed by atoms with van der Waals surface area (Å²) in [5, 5.41) is 4.40. The van der Waals surface area contributed by atoms with Gasteiger partial charge in [-0.3, -0.25) is 4.79 Å². The second-order valence-electron chi connectivity index (χ2n) is 5.69. The van der Waals surface area contributed by atoms with Gasteiger partial charge in [0.1, 0.15) is 6.61 Å². The number of H-pyrrole nitrogens is 1. The van der Waals surface area contributed by atoms with Crippen LogP contribution in [0.2, 0.25) is 0 Å². The zero-order chi connectivity index (χ0) is 20.1. The highest BCUT2D eigenvalue weighted by atomic mass is 16.5. The average Bonchev–Trinajstić information content (AvgIpc) is 2.71. The smallest absolute Gasteiger partial charge is 0.349 e. The third-order valence-corrected chi connectivity index (χ3v) is 3.93. The van der Waals surface area contributed by atoms with Gasteiger partial charge in [-0.1, -0.05) is 24.8 Å². The predicted molar refractivity (Wildman–Crippen MR) is 107 cm³/mol. The molecule has 0 bridgehead atoms. The Bertz CT molecular complexity index is 1140. The minimum atomic E-state index is -0.634. The Balaban J connectivity index is 2.05. The van der Waals surface area contributed by atoms with Crippen LogP contribution in [0, 0.1) is 0 Å². The molecule has 1 heterocycles. The number of rotatable bonds is 7. The SMILES string of the molecule is C=CCOc1c(OC)cc(C=Nn2c(=O)[nH]c3ccccc3c2=O)cc1OC. The Morgan fingerprint density at radius 2 is 1.82 bits per heavy atom. The number of aromatic amines is 1. The molecule has 0 aliphatic heterocycles. The average molecular weight is 381 g/mol. The van der Waals surface area contributed by atoms with Gasteiger partial charge < -0.3 is 19.2 Å². The number of nitrogens with one attached hydrogen (secondary N) is 1. The second-order valence-corrected chi connectivity index (χ2v) is 5.69. The van der Waals surface area contributed by atoms with Gasteiger partial charge in [0.15, 0.2) is 11.5 Å². The molecule has 1 N–H and O–H groups in total. The summed E-state index contributed by atoms with van der Waals surface area (Å²) in [6, 6.07) is 10.0. The molecule has 0 radical (unpaired) electrons. The van der Waals surface area contributed by atoms with Crippen LogP contribution in [0.15, 0.2) is 63.7 Å². The fraction of sp³-hybridized carbons (Fsp3) is 0.150. The maximum Gasteiger partial charge on any atom is 0.349 e. The number of aromatic nitrogens is 2. The molecule has 1 aromatic heterocycles. The van der Waals surface area contributed by atoms with Crippen molar-refractivity contribution in [1.82, 2.24) is 9.66 Å². The fourth-order valence-electron chi connectivity index (χ4n) is 2.64.